The second-order valence-corrected chi connectivity index (χ2v) is 7.01. The average Bonchev–Trinajstić information content (AvgIpc) is 2.65. The van der Waals surface area contributed by atoms with Gasteiger partial charge in [0.15, 0.2) is 0 Å². The van der Waals surface area contributed by atoms with Crippen LogP contribution >= 0.6 is 0 Å². The van der Waals surface area contributed by atoms with Crippen LogP contribution in [0.5, 0.6) is 0 Å². The van der Waals surface area contributed by atoms with Gasteiger partial charge in [0, 0.05) is 11.7 Å². The summed E-state index contributed by atoms with van der Waals surface area (Å²) in [4.78, 5) is 17.6. The van der Waals surface area contributed by atoms with E-state index < -0.39 is 0 Å². The van der Waals surface area contributed by atoms with Gasteiger partial charge in [-0.05, 0) is 69.9 Å². The standard InChI is InChI=1S/C21H26FN3O/c1-24-14-12-19(13-15-24)25(2)20(16-6-4-3-5-7-16)21(26)23-18-10-8-17(22)9-11-18/h3-11,19-20H,12-15H2,1-2H3,(H,23,26)/t20-/m1/s1. The number of likely N-dealkylation sites (tertiary alicyclic amines) is 1. The molecule has 0 saturated carbocycles. The van der Waals surface area contributed by atoms with Crippen molar-refractivity contribution in [2.75, 3.05) is 32.5 Å². The largest absolute Gasteiger partial charge is 0.324 e. The van der Waals surface area contributed by atoms with Gasteiger partial charge in [-0.2, -0.15) is 0 Å². The third-order valence-electron chi connectivity index (χ3n) is 5.15. The predicted molar refractivity (Wildman–Crippen MR) is 102 cm³/mol. The Hall–Kier alpha value is -2.24. The molecule has 1 saturated heterocycles. The van der Waals surface area contributed by atoms with Crippen LogP contribution in [0.15, 0.2) is 54.6 Å². The number of anilines is 1. The lowest BCUT2D eigenvalue weighted by atomic mass is 9.98. The van der Waals surface area contributed by atoms with E-state index in [1.54, 1.807) is 12.1 Å². The Balaban J connectivity index is 1.81. The molecule has 5 heteroatoms. The first kappa shape index (κ1) is 18.5. The second-order valence-electron chi connectivity index (χ2n) is 7.01. The Kier molecular flexibility index (Phi) is 6.01. The lowest BCUT2D eigenvalue weighted by Gasteiger charge is -2.39. The normalized spacial score (nSPS) is 17.2. The second kappa shape index (κ2) is 8.43. The molecule has 1 heterocycles. The first-order chi connectivity index (χ1) is 12.5. The zero-order valence-corrected chi connectivity index (χ0v) is 15.4. The van der Waals surface area contributed by atoms with Gasteiger partial charge in [0.1, 0.15) is 11.9 Å². The smallest absolute Gasteiger partial charge is 0.246 e. The fourth-order valence-electron chi connectivity index (χ4n) is 3.56. The molecule has 2 aromatic carbocycles. The van der Waals surface area contributed by atoms with Crippen molar-refractivity contribution in [3.63, 3.8) is 0 Å². The summed E-state index contributed by atoms with van der Waals surface area (Å²) >= 11 is 0. The van der Waals surface area contributed by atoms with Crippen LogP contribution in [-0.4, -0.2) is 48.9 Å². The highest BCUT2D eigenvalue weighted by Crippen LogP contribution is 2.27. The molecule has 1 fully saturated rings. The summed E-state index contributed by atoms with van der Waals surface area (Å²) in [6.07, 6.45) is 2.08. The van der Waals surface area contributed by atoms with Crippen molar-refractivity contribution in [2.24, 2.45) is 0 Å². The fraction of sp³-hybridized carbons (Fsp3) is 0.381. The number of benzene rings is 2. The Labute approximate surface area is 154 Å². The quantitative estimate of drug-likeness (QED) is 0.891. The van der Waals surface area contributed by atoms with Crippen LogP contribution in [0.2, 0.25) is 0 Å². The molecule has 0 unspecified atom stereocenters. The Morgan fingerprint density at radius 3 is 2.35 bits per heavy atom. The van der Waals surface area contributed by atoms with Gasteiger partial charge in [-0.25, -0.2) is 4.39 Å². The van der Waals surface area contributed by atoms with Gasteiger partial charge in [0.05, 0.1) is 0 Å². The zero-order chi connectivity index (χ0) is 18.5. The third kappa shape index (κ3) is 4.48. The number of likely N-dealkylation sites (N-methyl/N-ethyl adjacent to an activating group) is 1. The maximum Gasteiger partial charge on any atom is 0.246 e. The number of carbonyl (C=O) groups is 1. The molecule has 1 aliphatic heterocycles. The minimum atomic E-state index is -0.380. The van der Waals surface area contributed by atoms with Crippen molar-refractivity contribution in [2.45, 2.75) is 24.9 Å². The van der Waals surface area contributed by atoms with Gasteiger partial charge >= 0.3 is 0 Å². The Bertz CT molecular complexity index is 712. The molecule has 0 aliphatic carbocycles. The van der Waals surface area contributed by atoms with Crippen LogP contribution in [0, 0.1) is 5.82 Å². The first-order valence-corrected chi connectivity index (χ1v) is 9.06. The third-order valence-corrected chi connectivity index (χ3v) is 5.15. The zero-order valence-electron chi connectivity index (χ0n) is 15.4. The van der Waals surface area contributed by atoms with E-state index >= 15 is 0 Å². The fourth-order valence-corrected chi connectivity index (χ4v) is 3.56. The lowest BCUT2D eigenvalue weighted by molar-refractivity contribution is -0.122. The summed E-state index contributed by atoms with van der Waals surface area (Å²) < 4.78 is 13.1. The van der Waals surface area contributed by atoms with Gasteiger partial charge in [0.2, 0.25) is 5.91 Å². The van der Waals surface area contributed by atoms with E-state index in [4.69, 9.17) is 0 Å². The van der Waals surface area contributed by atoms with Crippen LogP contribution in [-0.2, 0) is 4.79 Å². The molecule has 1 atom stereocenters. The minimum absolute atomic E-state index is 0.0933. The number of carbonyl (C=O) groups excluding carboxylic acids is 1. The predicted octanol–water partition coefficient (Wildman–Crippen LogP) is 3.53. The monoisotopic (exact) mass is 355 g/mol. The van der Waals surface area contributed by atoms with E-state index in [2.05, 4.69) is 22.2 Å². The molecule has 4 nitrogen and oxygen atoms in total. The van der Waals surface area contributed by atoms with E-state index in [1.165, 1.54) is 12.1 Å². The average molecular weight is 355 g/mol. The van der Waals surface area contributed by atoms with E-state index in [9.17, 15) is 9.18 Å². The van der Waals surface area contributed by atoms with Gasteiger partial charge in [0.25, 0.3) is 0 Å². The summed E-state index contributed by atoms with van der Waals surface area (Å²) in [5.74, 6) is -0.407. The van der Waals surface area contributed by atoms with Crippen LogP contribution in [0.1, 0.15) is 24.4 Å². The van der Waals surface area contributed by atoms with Crippen LogP contribution < -0.4 is 5.32 Å². The molecular weight excluding hydrogens is 329 g/mol. The molecule has 1 N–H and O–H groups in total. The van der Waals surface area contributed by atoms with Gasteiger partial charge in [-0.1, -0.05) is 30.3 Å². The van der Waals surface area contributed by atoms with E-state index in [1.807, 2.05) is 37.4 Å². The SMILES string of the molecule is CN1CCC(N(C)[C@@H](C(=O)Nc2ccc(F)cc2)c2ccccc2)CC1. The topological polar surface area (TPSA) is 35.6 Å². The molecule has 1 amide bonds. The van der Waals surface area contributed by atoms with Crippen molar-refractivity contribution in [3.05, 3.63) is 66.0 Å². The summed E-state index contributed by atoms with van der Waals surface area (Å²) in [6, 6.07) is 15.7. The van der Waals surface area contributed by atoms with Gasteiger partial charge in [-0.3, -0.25) is 9.69 Å². The van der Waals surface area contributed by atoms with Gasteiger partial charge < -0.3 is 10.2 Å². The highest BCUT2D eigenvalue weighted by atomic mass is 19.1. The van der Waals surface area contributed by atoms with Gasteiger partial charge in [-0.15, -0.1) is 0 Å². The first-order valence-electron chi connectivity index (χ1n) is 9.06. The number of nitrogens with zero attached hydrogens (tertiary/aromatic N) is 2. The summed E-state index contributed by atoms with van der Waals surface area (Å²) in [5.41, 5.74) is 1.57. The van der Waals surface area contributed by atoms with Crippen molar-refractivity contribution in [1.29, 1.82) is 0 Å². The number of hydrogen-bond donors (Lipinski definition) is 1. The highest BCUT2D eigenvalue weighted by Gasteiger charge is 2.31. The van der Waals surface area contributed by atoms with Crippen molar-refractivity contribution < 1.29 is 9.18 Å². The summed E-state index contributed by atoms with van der Waals surface area (Å²) in [6.45, 7) is 2.08. The highest BCUT2D eigenvalue weighted by molar-refractivity contribution is 5.95. The molecule has 0 spiro atoms. The lowest BCUT2D eigenvalue weighted by Crippen LogP contribution is -2.46. The van der Waals surface area contributed by atoms with Crippen molar-refractivity contribution >= 4 is 11.6 Å². The van der Waals surface area contributed by atoms with Crippen molar-refractivity contribution in [3.8, 4) is 0 Å². The van der Waals surface area contributed by atoms with E-state index in [0.717, 1.165) is 31.5 Å². The molecular formula is C21H26FN3O. The van der Waals surface area contributed by atoms with Crippen LogP contribution in [0.25, 0.3) is 0 Å². The molecule has 2 aromatic rings. The van der Waals surface area contributed by atoms with Crippen molar-refractivity contribution in [1.82, 2.24) is 9.80 Å². The minimum Gasteiger partial charge on any atom is -0.324 e. The molecule has 0 aromatic heterocycles. The summed E-state index contributed by atoms with van der Waals surface area (Å²) in [5, 5.41) is 2.94. The molecule has 0 bridgehead atoms. The maximum atomic E-state index is 13.1. The molecule has 3 rings (SSSR count). The number of rotatable bonds is 5. The van der Waals surface area contributed by atoms with Crippen LogP contribution in [0.4, 0.5) is 10.1 Å². The van der Waals surface area contributed by atoms with E-state index in [0.29, 0.717) is 11.7 Å². The number of halogens is 1. The molecule has 138 valence electrons. The Morgan fingerprint density at radius 1 is 1.12 bits per heavy atom. The number of piperidine rings is 1. The Morgan fingerprint density at radius 2 is 1.73 bits per heavy atom. The number of amides is 1. The maximum absolute atomic E-state index is 13.1. The van der Waals surface area contributed by atoms with E-state index in [-0.39, 0.29) is 17.8 Å². The molecule has 0 radical (unpaired) electrons. The molecule has 26 heavy (non-hydrogen) atoms. The number of nitrogens with one attached hydrogen (secondary N) is 1. The van der Waals surface area contributed by atoms with Crippen LogP contribution in [0.3, 0.4) is 0 Å². The molecule has 1 aliphatic rings. The summed E-state index contributed by atoms with van der Waals surface area (Å²) in [7, 11) is 4.16. The number of hydrogen-bond acceptors (Lipinski definition) is 3.